The lowest BCUT2D eigenvalue weighted by molar-refractivity contribution is -0.0852. The second kappa shape index (κ2) is 16.2. The molecule has 14 nitrogen and oxygen atoms in total. The predicted octanol–water partition coefficient (Wildman–Crippen LogP) is 5.59. The first-order valence-electron chi connectivity index (χ1n) is 17.1. The molecule has 1 N–H and O–H groups in total. The molecule has 4 heterocycles. The van der Waals surface area contributed by atoms with Gasteiger partial charge in [-0.15, -0.1) is 10.2 Å². The molecule has 0 spiro atoms. The summed E-state index contributed by atoms with van der Waals surface area (Å²) in [5, 5.41) is 20.0. The Kier molecular flexibility index (Phi) is 11.6. The summed E-state index contributed by atoms with van der Waals surface area (Å²) in [6, 6.07) is 6.48. The smallest absolute Gasteiger partial charge is 0.256 e. The van der Waals surface area contributed by atoms with Gasteiger partial charge in [-0.05, 0) is 81.5 Å². The first-order valence-corrected chi connectivity index (χ1v) is 17.5. The summed E-state index contributed by atoms with van der Waals surface area (Å²) < 4.78 is 27.3. The van der Waals surface area contributed by atoms with Crippen molar-refractivity contribution in [1.82, 2.24) is 44.9 Å². The summed E-state index contributed by atoms with van der Waals surface area (Å²) in [5.41, 5.74) is 2.43. The van der Waals surface area contributed by atoms with Gasteiger partial charge in [-0.2, -0.15) is 0 Å². The average molecular weight is 695 g/mol. The van der Waals surface area contributed by atoms with Crippen molar-refractivity contribution in [1.29, 1.82) is 0 Å². The monoisotopic (exact) mass is 694 g/mol. The number of morpholine rings is 1. The number of rotatable bonds is 14. The third-order valence-electron chi connectivity index (χ3n) is 9.19. The highest BCUT2D eigenvalue weighted by Crippen LogP contribution is 2.36. The maximum atomic E-state index is 6.47. The van der Waals surface area contributed by atoms with Crippen LogP contribution in [0.3, 0.4) is 0 Å². The number of hydrogen-bond donors (Lipinski definition) is 1. The van der Waals surface area contributed by atoms with Gasteiger partial charge in [-0.1, -0.05) is 17.7 Å². The number of tetrazole rings is 1. The van der Waals surface area contributed by atoms with Crippen LogP contribution in [0.4, 0.5) is 11.6 Å². The molecule has 2 aliphatic rings. The van der Waals surface area contributed by atoms with E-state index in [0.717, 1.165) is 62.0 Å². The summed E-state index contributed by atoms with van der Waals surface area (Å²) in [4.78, 5) is 11.9. The number of benzene rings is 1. The summed E-state index contributed by atoms with van der Waals surface area (Å²) in [7, 11) is 1.71. The fraction of sp³-hybridized carbons (Fsp3) is 0.588. The number of aromatic nitrogens is 8. The number of ether oxygens (including phenoxy) is 4. The van der Waals surface area contributed by atoms with E-state index in [4.69, 9.17) is 35.6 Å². The molecule has 1 aliphatic carbocycles. The van der Waals surface area contributed by atoms with Crippen molar-refractivity contribution in [3.63, 3.8) is 0 Å². The highest BCUT2D eigenvalue weighted by molar-refractivity contribution is 6.32. The molecule has 15 heteroatoms. The maximum absolute atomic E-state index is 6.47. The van der Waals surface area contributed by atoms with Gasteiger partial charge in [0.15, 0.2) is 0 Å². The zero-order valence-corrected chi connectivity index (χ0v) is 29.7. The number of anilines is 2. The summed E-state index contributed by atoms with van der Waals surface area (Å²) in [5.74, 6) is 1.53. The minimum Gasteiger partial charge on any atom is -0.487 e. The lowest BCUT2D eigenvalue weighted by Gasteiger charge is -2.42. The van der Waals surface area contributed by atoms with Crippen molar-refractivity contribution in [3.8, 4) is 22.8 Å². The fourth-order valence-corrected chi connectivity index (χ4v) is 6.78. The molecule has 1 saturated carbocycles. The Morgan fingerprint density at radius 3 is 2.43 bits per heavy atom. The van der Waals surface area contributed by atoms with E-state index in [1.165, 1.54) is 0 Å². The quantitative estimate of drug-likeness (QED) is 0.176. The molecule has 0 radical (unpaired) electrons. The molecular weight excluding hydrogens is 648 g/mol. The molecule has 4 aromatic rings. The first kappa shape index (κ1) is 35.0. The normalized spacial score (nSPS) is 22.8. The third kappa shape index (κ3) is 9.24. The van der Waals surface area contributed by atoms with E-state index in [2.05, 4.69) is 54.2 Å². The first-order chi connectivity index (χ1) is 23.7. The highest BCUT2D eigenvalue weighted by atomic mass is 35.5. The Labute approximate surface area is 292 Å². The van der Waals surface area contributed by atoms with Gasteiger partial charge in [-0.25, -0.2) is 14.6 Å². The van der Waals surface area contributed by atoms with Crippen molar-refractivity contribution in [3.05, 3.63) is 48.1 Å². The van der Waals surface area contributed by atoms with E-state index in [9.17, 15) is 0 Å². The zero-order chi connectivity index (χ0) is 34.3. The molecule has 1 aromatic carbocycles. The largest absolute Gasteiger partial charge is 0.487 e. The summed E-state index contributed by atoms with van der Waals surface area (Å²) in [6.07, 6.45) is 12.7. The Balaban J connectivity index is 1.12. The predicted molar refractivity (Wildman–Crippen MR) is 185 cm³/mol. The molecule has 1 saturated heterocycles. The Bertz CT molecular complexity index is 1600. The molecule has 0 amide bonds. The number of methoxy groups -OCH3 is 1. The van der Waals surface area contributed by atoms with Gasteiger partial charge >= 0.3 is 0 Å². The van der Waals surface area contributed by atoms with E-state index in [-0.39, 0.29) is 24.4 Å². The van der Waals surface area contributed by atoms with E-state index >= 15 is 0 Å². The van der Waals surface area contributed by atoms with Crippen LogP contribution in [0.25, 0.3) is 11.1 Å². The SMILES string of the molecule is COC(C)CCOc1nn(C2CCC(N3C[C@@H](C)O[C@@H](C)C3)CC2)cc1Nc1ncc(-c2ccc(Cl)c(O[C@@H](C)Cn3cnnn3)c2)cn1. The van der Waals surface area contributed by atoms with Gasteiger partial charge in [0.1, 0.15) is 23.9 Å². The second-order valence-electron chi connectivity index (χ2n) is 13.2. The van der Waals surface area contributed by atoms with Crippen molar-refractivity contribution in [2.75, 3.05) is 32.1 Å². The van der Waals surface area contributed by atoms with Crippen LogP contribution in [-0.2, 0) is 16.0 Å². The molecular formula is C34H47ClN10O4. The molecule has 1 unspecified atom stereocenters. The molecule has 49 heavy (non-hydrogen) atoms. The van der Waals surface area contributed by atoms with Crippen molar-refractivity contribution < 1.29 is 18.9 Å². The van der Waals surface area contributed by atoms with Crippen LogP contribution in [0.5, 0.6) is 11.6 Å². The van der Waals surface area contributed by atoms with Gasteiger partial charge in [0.25, 0.3) is 5.88 Å². The van der Waals surface area contributed by atoms with Crippen LogP contribution in [0.15, 0.2) is 43.1 Å². The van der Waals surface area contributed by atoms with Crippen molar-refractivity contribution in [2.24, 2.45) is 0 Å². The highest BCUT2D eigenvalue weighted by Gasteiger charge is 2.32. The third-order valence-corrected chi connectivity index (χ3v) is 9.51. The van der Waals surface area contributed by atoms with E-state index in [1.807, 2.05) is 32.2 Å². The van der Waals surface area contributed by atoms with Crippen LogP contribution in [-0.4, -0.2) is 102 Å². The molecule has 4 atom stereocenters. The molecule has 264 valence electrons. The number of nitrogens with zero attached hydrogens (tertiary/aromatic N) is 9. The summed E-state index contributed by atoms with van der Waals surface area (Å²) >= 11 is 6.47. The van der Waals surface area contributed by atoms with Gasteiger partial charge < -0.3 is 24.3 Å². The van der Waals surface area contributed by atoms with Gasteiger partial charge in [0.2, 0.25) is 5.95 Å². The Hall–Kier alpha value is -3.85. The maximum Gasteiger partial charge on any atom is 0.256 e. The fourth-order valence-electron chi connectivity index (χ4n) is 6.61. The van der Waals surface area contributed by atoms with Gasteiger partial charge in [-0.3, -0.25) is 9.58 Å². The molecule has 6 rings (SSSR count). The van der Waals surface area contributed by atoms with E-state index in [0.29, 0.717) is 47.8 Å². The minimum atomic E-state index is -0.207. The lowest BCUT2D eigenvalue weighted by Crippen LogP contribution is -2.51. The van der Waals surface area contributed by atoms with Crippen molar-refractivity contribution >= 4 is 23.2 Å². The zero-order valence-electron chi connectivity index (χ0n) is 28.9. The van der Waals surface area contributed by atoms with Crippen LogP contribution < -0.4 is 14.8 Å². The van der Waals surface area contributed by atoms with Crippen LogP contribution in [0, 0.1) is 0 Å². The number of nitrogens with one attached hydrogen (secondary N) is 1. The molecule has 3 aromatic heterocycles. The van der Waals surface area contributed by atoms with Gasteiger partial charge in [0.05, 0.1) is 48.7 Å². The van der Waals surface area contributed by atoms with Gasteiger partial charge in [0, 0.05) is 50.6 Å². The molecule has 2 fully saturated rings. The average Bonchev–Trinajstić information content (AvgIpc) is 3.75. The lowest BCUT2D eigenvalue weighted by atomic mass is 9.89. The Morgan fingerprint density at radius 2 is 1.73 bits per heavy atom. The number of halogens is 1. The topological polar surface area (TPSA) is 139 Å². The second-order valence-corrected chi connectivity index (χ2v) is 13.6. The number of hydrogen-bond acceptors (Lipinski definition) is 12. The Morgan fingerprint density at radius 1 is 1.00 bits per heavy atom. The standard InChI is InChI=1S/C34H47ClN10O4/c1-22(46-5)12-13-47-33-31(20-45(40-33)29-9-7-28(8-10-29)43-17-23(2)48-24(3)18-43)39-34-36-15-27(16-37-34)26-6-11-30(35)32(14-26)49-25(4)19-44-21-38-41-42-44/h6,11,14-16,20-25,28-29H,7-10,12-13,17-19H2,1-5H3,(H,36,37,39)/t22?,23-,24+,25-,28?,29?/m0/s1. The van der Waals surface area contributed by atoms with Crippen LogP contribution >= 0.6 is 11.6 Å². The minimum absolute atomic E-state index is 0.0864. The van der Waals surface area contributed by atoms with Crippen molar-refractivity contribution in [2.45, 2.75) is 103 Å². The van der Waals surface area contributed by atoms with Crippen LogP contribution in [0.2, 0.25) is 5.02 Å². The molecule has 1 aliphatic heterocycles. The molecule has 0 bridgehead atoms. The van der Waals surface area contributed by atoms with Crippen LogP contribution in [0.1, 0.15) is 65.8 Å². The van der Waals surface area contributed by atoms with E-state index in [1.54, 1.807) is 36.6 Å². The van der Waals surface area contributed by atoms with E-state index < -0.39 is 0 Å². The summed E-state index contributed by atoms with van der Waals surface area (Å²) in [6.45, 7) is 11.3.